The number of hydrogen-bond acceptors (Lipinski definition) is 2. The van der Waals surface area contributed by atoms with Gasteiger partial charge in [0, 0.05) is 18.3 Å². The molecule has 0 spiro atoms. The molecular weight excluding hydrogens is 334 g/mol. The molecule has 2 aromatic rings. The highest BCUT2D eigenvalue weighted by molar-refractivity contribution is 5.96. The number of fused-ring (bicyclic) bond motifs is 3. The van der Waals surface area contributed by atoms with Crippen LogP contribution in [0.4, 0.5) is 5.69 Å². The fourth-order valence-corrected chi connectivity index (χ4v) is 5.61. The number of nitrogens with one attached hydrogen (secondary N) is 1. The molecule has 0 bridgehead atoms. The van der Waals surface area contributed by atoms with Crippen molar-refractivity contribution < 1.29 is 10.5 Å². The van der Waals surface area contributed by atoms with E-state index in [0.29, 0.717) is 6.04 Å². The minimum atomic E-state index is -0.816. The van der Waals surface area contributed by atoms with Gasteiger partial charge in [-0.2, -0.15) is 0 Å². The van der Waals surface area contributed by atoms with Crippen molar-refractivity contribution in [1.82, 2.24) is 4.90 Å². The van der Waals surface area contributed by atoms with Crippen molar-refractivity contribution in [2.45, 2.75) is 55.6 Å². The normalized spacial score (nSPS) is 30.1. The zero-order chi connectivity index (χ0) is 18.5. The molecule has 2 aromatic carbocycles. The summed E-state index contributed by atoms with van der Waals surface area (Å²) in [4.78, 5) is 15.8. The molecule has 1 amide bonds. The topological polar surface area (TPSA) is 60.0 Å². The van der Waals surface area contributed by atoms with E-state index in [0.717, 1.165) is 31.5 Å². The third-order valence-corrected chi connectivity index (χ3v) is 7.04. The molecule has 1 saturated carbocycles. The smallest absolute Gasteiger partial charge is 0.307 e. The fourth-order valence-electron chi connectivity index (χ4n) is 5.61. The second kappa shape index (κ2) is 6.10. The first-order valence-corrected chi connectivity index (χ1v) is 10.2. The molecule has 1 saturated heterocycles. The van der Waals surface area contributed by atoms with E-state index in [-0.39, 0.29) is 11.3 Å². The van der Waals surface area contributed by atoms with Gasteiger partial charge in [0.25, 0.3) is 5.66 Å². The summed E-state index contributed by atoms with van der Waals surface area (Å²) in [6.45, 7) is 0.763. The van der Waals surface area contributed by atoms with Gasteiger partial charge < -0.3 is 16.0 Å². The van der Waals surface area contributed by atoms with E-state index in [1.165, 1.54) is 30.4 Å². The Bertz CT molecular complexity index is 861. The molecule has 2 atom stereocenters. The number of hydrogen-bond donors (Lipinski definition) is 2. The van der Waals surface area contributed by atoms with E-state index < -0.39 is 5.66 Å². The van der Waals surface area contributed by atoms with E-state index in [2.05, 4.69) is 58.4 Å². The Kier molecular flexibility index (Phi) is 3.80. The van der Waals surface area contributed by atoms with Crippen LogP contribution < -0.4 is 11.1 Å². The highest BCUT2D eigenvalue weighted by Crippen LogP contribution is 2.52. The number of carbonyl (C=O) groups excluding carboxylic acids is 1. The number of para-hydroxylation sites is 1. The van der Waals surface area contributed by atoms with Gasteiger partial charge in [-0.3, -0.25) is 4.79 Å². The number of quaternary nitrogens is 1. The van der Waals surface area contributed by atoms with Gasteiger partial charge in [0.1, 0.15) is 5.41 Å². The maximum atomic E-state index is 13.7. The number of nitrogens with zero attached hydrogens (tertiary/aromatic N) is 1. The van der Waals surface area contributed by atoms with Crippen molar-refractivity contribution in [2.75, 3.05) is 11.9 Å². The SMILES string of the molecule is [NH3+][C@@]12Nc3ccccc3[C@]1(Cc1ccccc1)CN(C1CCCCC1)C2=O. The first-order chi connectivity index (χ1) is 13.1. The summed E-state index contributed by atoms with van der Waals surface area (Å²) in [6, 6.07) is 19.3. The molecule has 0 unspecified atom stereocenters. The monoisotopic (exact) mass is 362 g/mol. The standard InChI is InChI=1S/C23H27N3O/c24-23-21(27)26(18-11-5-2-6-12-18)16-22(23,15-17-9-3-1-4-10-17)19-13-7-8-14-20(19)25-23/h1,3-4,7-10,13-14,18,25H,2,5-6,11-12,15-16,24H2/p+1/t22-,23-/m0/s1. The third kappa shape index (κ3) is 2.36. The largest absolute Gasteiger partial charge is 0.331 e. The Labute approximate surface area is 160 Å². The third-order valence-electron chi connectivity index (χ3n) is 7.04. The molecule has 140 valence electrons. The molecule has 2 aliphatic heterocycles. The van der Waals surface area contributed by atoms with Crippen molar-refractivity contribution in [3.05, 3.63) is 65.7 Å². The fraction of sp³-hybridized carbons (Fsp3) is 0.435. The van der Waals surface area contributed by atoms with Gasteiger partial charge in [0.05, 0.1) is 0 Å². The van der Waals surface area contributed by atoms with Crippen LogP contribution in [0.5, 0.6) is 0 Å². The lowest BCUT2D eigenvalue weighted by Gasteiger charge is -2.33. The van der Waals surface area contributed by atoms with Crippen LogP contribution in [0.15, 0.2) is 54.6 Å². The molecule has 5 rings (SSSR count). The zero-order valence-corrected chi connectivity index (χ0v) is 15.8. The van der Waals surface area contributed by atoms with Crippen molar-refractivity contribution in [3.8, 4) is 0 Å². The average molecular weight is 362 g/mol. The molecule has 27 heavy (non-hydrogen) atoms. The van der Waals surface area contributed by atoms with E-state index in [1.807, 2.05) is 12.1 Å². The molecule has 3 aliphatic rings. The van der Waals surface area contributed by atoms with E-state index >= 15 is 0 Å². The highest BCUT2D eigenvalue weighted by atomic mass is 16.2. The van der Waals surface area contributed by atoms with Crippen LogP contribution in [-0.4, -0.2) is 29.1 Å². The molecule has 0 radical (unpaired) electrons. The lowest BCUT2D eigenvalue weighted by atomic mass is 9.70. The molecule has 2 fully saturated rings. The number of likely N-dealkylation sites (tertiary alicyclic amines) is 1. The number of carbonyl (C=O) groups is 1. The summed E-state index contributed by atoms with van der Waals surface area (Å²) >= 11 is 0. The molecule has 4 N–H and O–H groups in total. The first kappa shape index (κ1) is 16.8. The number of rotatable bonds is 3. The maximum absolute atomic E-state index is 13.7. The summed E-state index contributed by atoms with van der Waals surface area (Å²) in [6.07, 6.45) is 6.85. The minimum Gasteiger partial charge on any atom is -0.331 e. The van der Waals surface area contributed by atoms with Crippen molar-refractivity contribution in [2.24, 2.45) is 0 Å². The van der Waals surface area contributed by atoms with Gasteiger partial charge in [-0.05, 0) is 36.5 Å². The Morgan fingerprint density at radius 1 is 1.00 bits per heavy atom. The zero-order valence-electron chi connectivity index (χ0n) is 15.8. The summed E-state index contributed by atoms with van der Waals surface area (Å²) in [5.74, 6) is 0.182. The van der Waals surface area contributed by atoms with Gasteiger partial charge in [-0.15, -0.1) is 0 Å². The quantitative estimate of drug-likeness (QED) is 0.882. The van der Waals surface area contributed by atoms with Crippen LogP contribution in [0.2, 0.25) is 0 Å². The predicted octanol–water partition coefficient (Wildman–Crippen LogP) is 2.71. The van der Waals surface area contributed by atoms with Gasteiger partial charge >= 0.3 is 5.91 Å². The minimum absolute atomic E-state index is 0.182. The highest BCUT2D eigenvalue weighted by Gasteiger charge is 2.70. The van der Waals surface area contributed by atoms with Crippen molar-refractivity contribution in [1.29, 1.82) is 0 Å². The molecule has 1 aliphatic carbocycles. The Morgan fingerprint density at radius 2 is 1.70 bits per heavy atom. The van der Waals surface area contributed by atoms with Gasteiger partial charge in [-0.1, -0.05) is 67.8 Å². The van der Waals surface area contributed by atoms with Crippen LogP contribution in [0.3, 0.4) is 0 Å². The van der Waals surface area contributed by atoms with Crippen molar-refractivity contribution in [3.63, 3.8) is 0 Å². The molecule has 4 heteroatoms. The lowest BCUT2D eigenvalue weighted by molar-refractivity contribution is -0.459. The first-order valence-electron chi connectivity index (χ1n) is 10.2. The number of amides is 1. The molecular formula is C23H28N3O+. The summed E-state index contributed by atoms with van der Waals surface area (Å²) in [7, 11) is 0. The van der Waals surface area contributed by atoms with Gasteiger partial charge in [0.15, 0.2) is 0 Å². The Morgan fingerprint density at radius 3 is 2.48 bits per heavy atom. The van der Waals surface area contributed by atoms with Crippen LogP contribution in [0, 0.1) is 0 Å². The van der Waals surface area contributed by atoms with Crippen LogP contribution in [0.1, 0.15) is 43.2 Å². The number of anilines is 1. The average Bonchev–Trinajstić information content (AvgIpc) is 3.08. The molecule has 4 nitrogen and oxygen atoms in total. The Balaban J connectivity index is 1.61. The van der Waals surface area contributed by atoms with E-state index in [9.17, 15) is 4.79 Å². The van der Waals surface area contributed by atoms with Crippen LogP contribution in [0.25, 0.3) is 0 Å². The number of benzene rings is 2. The van der Waals surface area contributed by atoms with E-state index in [1.54, 1.807) is 0 Å². The van der Waals surface area contributed by atoms with Crippen molar-refractivity contribution >= 4 is 11.6 Å². The molecule has 2 heterocycles. The van der Waals surface area contributed by atoms with E-state index in [4.69, 9.17) is 0 Å². The molecule has 0 aromatic heterocycles. The van der Waals surface area contributed by atoms with Crippen LogP contribution in [-0.2, 0) is 16.6 Å². The predicted molar refractivity (Wildman–Crippen MR) is 106 cm³/mol. The second-order valence-electron chi connectivity index (χ2n) is 8.55. The van der Waals surface area contributed by atoms with Crippen LogP contribution >= 0.6 is 0 Å². The maximum Gasteiger partial charge on any atom is 0.307 e. The lowest BCUT2D eigenvalue weighted by Crippen LogP contribution is -2.85. The summed E-state index contributed by atoms with van der Waals surface area (Å²) in [5.41, 5.74) is 6.98. The summed E-state index contributed by atoms with van der Waals surface area (Å²) in [5, 5.41) is 3.55. The second-order valence-corrected chi connectivity index (χ2v) is 8.55. The van der Waals surface area contributed by atoms with Gasteiger partial charge in [-0.25, -0.2) is 0 Å². The van der Waals surface area contributed by atoms with Gasteiger partial charge in [0.2, 0.25) is 0 Å². The summed E-state index contributed by atoms with van der Waals surface area (Å²) < 4.78 is 0. The Hall–Kier alpha value is -2.33.